The molecule has 1 aromatic heterocycles. The lowest BCUT2D eigenvalue weighted by Gasteiger charge is -2.13. The molecule has 1 atom stereocenters. The molecule has 0 spiro atoms. The van der Waals surface area contributed by atoms with Crippen LogP contribution in [0.15, 0.2) is 16.7 Å². The number of aliphatic hydroxyl groups is 1. The lowest BCUT2D eigenvalue weighted by atomic mass is 10.1. The largest absolute Gasteiger partial charge is 0.396 e. The van der Waals surface area contributed by atoms with Gasteiger partial charge < -0.3 is 10.4 Å². The van der Waals surface area contributed by atoms with Crippen LogP contribution in [0.5, 0.6) is 0 Å². The summed E-state index contributed by atoms with van der Waals surface area (Å²) in [5, 5.41) is 12.1. The standard InChI is InChI=1S/C11H17BrN2O/c1-8(3-4-15)6-13-11-9(2)5-10(12)7-14-11/h5,7-8,15H,3-4,6H2,1-2H3,(H,13,14). The van der Waals surface area contributed by atoms with Gasteiger partial charge in [-0.05, 0) is 46.8 Å². The van der Waals surface area contributed by atoms with Gasteiger partial charge in [-0.2, -0.15) is 0 Å². The van der Waals surface area contributed by atoms with Crippen LogP contribution in [-0.4, -0.2) is 23.2 Å². The van der Waals surface area contributed by atoms with Crippen molar-refractivity contribution >= 4 is 21.7 Å². The second-order valence-electron chi connectivity index (χ2n) is 3.82. The van der Waals surface area contributed by atoms with Gasteiger partial charge >= 0.3 is 0 Å². The maximum absolute atomic E-state index is 8.78. The third kappa shape index (κ3) is 4.18. The fourth-order valence-corrected chi connectivity index (χ4v) is 1.76. The molecule has 84 valence electrons. The molecule has 15 heavy (non-hydrogen) atoms. The first-order chi connectivity index (χ1) is 7.13. The minimum Gasteiger partial charge on any atom is -0.396 e. The normalized spacial score (nSPS) is 12.5. The molecule has 0 saturated carbocycles. The molecule has 0 amide bonds. The molecule has 0 saturated heterocycles. The third-order valence-electron chi connectivity index (χ3n) is 2.28. The monoisotopic (exact) mass is 272 g/mol. The number of rotatable bonds is 5. The van der Waals surface area contributed by atoms with Gasteiger partial charge in [-0.1, -0.05) is 6.92 Å². The van der Waals surface area contributed by atoms with Crippen LogP contribution in [0.4, 0.5) is 5.82 Å². The van der Waals surface area contributed by atoms with Gasteiger partial charge in [-0.15, -0.1) is 0 Å². The summed E-state index contributed by atoms with van der Waals surface area (Å²) in [6, 6.07) is 2.03. The molecular formula is C11H17BrN2O. The molecule has 0 fully saturated rings. The summed E-state index contributed by atoms with van der Waals surface area (Å²) < 4.78 is 0.994. The van der Waals surface area contributed by atoms with Crippen molar-refractivity contribution < 1.29 is 5.11 Å². The number of pyridine rings is 1. The molecule has 4 heteroatoms. The van der Waals surface area contributed by atoms with Gasteiger partial charge in [0.25, 0.3) is 0 Å². The van der Waals surface area contributed by atoms with E-state index in [0.29, 0.717) is 5.92 Å². The number of aryl methyl sites for hydroxylation is 1. The quantitative estimate of drug-likeness (QED) is 0.866. The second-order valence-corrected chi connectivity index (χ2v) is 4.73. The van der Waals surface area contributed by atoms with Crippen LogP contribution in [0.3, 0.4) is 0 Å². The number of halogens is 1. The van der Waals surface area contributed by atoms with Crippen LogP contribution in [0.2, 0.25) is 0 Å². The van der Waals surface area contributed by atoms with Crippen LogP contribution in [0, 0.1) is 12.8 Å². The van der Waals surface area contributed by atoms with Crippen LogP contribution >= 0.6 is 15.9 Å². The van der Waals surface area contributed by atoms with E-state index in [4.69, 9.17) is 5.11 Å². The summed E-state index contributed by atoms with van der Waals surface area (Å²) in [5.74, 6) is 1.38. The predicted octanol–water partition coefficient (Wildman–Crippen LogP) is 2.58. The highest BCUT2D eigenvalue weighted by Gasteiger charge is 2.03. The number of nitrogens with zero attached hydrogens (tertiary/aromatic N) is 1. The number of aliphatic hydroxyl groups excluding tert-OH is 1. The van der Waals surface area contributed by atoms with Gasteiger partial charge in [0.15, 0.2) is 0 Å². The van der Waals surface area contributed by atoms with E-state index in [1.165, 1.54) is 0 Å². The molecule has 1 rings (SSSR count). The average Bonchev–Trinajstić information content (AvgIpc) is 2.17. The van der Waals surface area contributed by atoms with Gasteiger partial charge in [0, 0.05) is 23.8 Å². The molecule has 3 nitrogen and oxygen atoms in total. The van der Waals surface area contributed by atoms with E-state index in [1.807, 2.05) is 13.0 Å². The fraction of sp³-hybridized carbons (Fsp3) is 0.545. The molecule has 0 bridgehead atoms. The lowest BCUT2D eigenvalue weighted by molar-refractivity contribution is 0.266. The highest BCUT2D eigenvalue weighted by molar-refractivity contribution is 9.10. The van der Waals surface area contributed by atoms with Gasteiger partial charge in [0.1, 0.15) is 5.82 Å². The summed E-state index contributed by atoms with van der Waals surface area (Å²) >= 11 is 3.38. The average molecular weight is 273 g/mol. The van der Waals surface area contributed by atoms with E-state index < -0.39 is 0 Å². The number of nitrogens with one attached hydrogen (secondary N) is 1. The Morgan fingerprint density at radius 3 is 2.93 bits per heavy atom. The highest BCUT2D eigenvalue weighted by atomic mass is 79.9. The number of hydrogen-bond donors (Lipinski definition) is 2. The van der Waals surface area contributed by atoms with Gasteiger partial charge in [0.05, 0.1) is 0 Å². The number of aromatic nitrogens is 1. The van der Waals surface area contributed by atoms with Crippen LogP contribution in [0.1, 0.15) is 18.9 Å². The number of anilines is 1. The van der Waals surface area contributed by atoms with E-state index in [0.717, 1.165) is 28.8 Å². The minimum absolute atomic E-state index is 0.246. The molecule has 2 N–H and O–H groups in total. The van der Waals surface area contributed by atoms with Crippen molar-refractivity contribution in [1.82, 2.24) is 4.98 Å². The second kappa shape index (κ2) is 6.08. The zero-order valence-electron chi connectivity index (χ0n) is 9.13. The fourth-order valence-electron chi connectivity index (χ4n) is 1.32. The molecule has 1 aromatic rings. The van der Waals surface area contributed by atoms with E-state index >= 15 is 0 Å². The molecule has 0 radical (unpaired) electrons. The first kappa shape index (κ1) is 12.5. The van der Waals surface area contributed by atoms with Crippen molar-refractivity contribution in [2.75, 3.05) is 18.5 Å². The van der Waals surface area contributed by atoms with E-state index in [9.17, 15) is 0 Å². The van der Waals surface area contributed by atoms with Crippen molar-refractivity contribution in [3.63, 3.8) is 0 Å². The molecule has 0 aromatic carbocycles. The summed E-state index contributed by atoms with van der Waals surface area (Å²) in [4.78, 5) is 4.29. The van der Waals surface area contributed by atoms with Gasteiger partial charge in [-0.25, -0.2) is 4.98 Å². The topological polar surface area (TPSA) is 45.2 Å². The van der Waals surface area contributed by atoms with Crippen molar-refractivity contribution in [3.05, 3.63) is 22.3 Å². The van der Waals surface area contributed by atoms with Crippen molar-refractivity contribution in [3.8, 4) is 0 Å². The Hall–Kier alpha value is -0.610. The first-order valence-corrected chi connectivity index (χ1v) is 5.89. The maximum atomic E-state index is 8.78. The Labute approximate surface area is 99.1 Å². The van der Waals surface area contributed by atoms with Crippen molar-refractivity contribution in [2.24, 2.45) is 5.92 Å². The minimum atomic E-state index is 0.246. The molecule has 1 heterocycles. The highest BCUT2D eigenvalue weighted by Crippen LogP contribution is 2.17. The molecule has 0 aliphatic rings. The maximum Gasteiger partial charge on any atom is 0.128 e. The van der Waals surface area contributed by atoms with Crippen LogP contribution in [-0.2, 0) is 0 Å². The smallest absolute Gasteiger partial charge is 0.128 e. The van der Waals surface area contributed by atoms with Crippen molar-refractivity contribution in [2.45, 2.75) is 20.3 Å². The van der Waals surface area contributed by atoms with E-state index in [1.54, 1.807) is 6.20 Å². The molecule has 0 aliphatic heterocycles. The summed E-state index contributed by atoms with van der Waals surface area (Å²) in [7, 11) is 0. The van der Waals surface area contributed by atoms with Gasteiger partial charge in [-0.3, -0.25) is 0 Å². The predicted molar refractivity (Wildman–Crippen MR) is 66.0 cm³/mol. The molecule has 1 unspecified atom stereocenters. The summed E-state index contributed by atoms with van der Waals surface area (Å²) in [6.45, 7) is 5.22. The SMILES string of the molecule is Cc1cc(Br)cnc1NCC(C)CCO. The molecule has 0 aliphatic carbocycles. The Morgan fingerprint density at radius 2 is 2.33 bits per heavy atom. The molecular weight excluding hydrogens is 256 g/mol. The zero-order chi connectivity index (χ0) is 11.3. The van der Waals surface area contributed by atoms with Gasteiger partial charge in [0.2, 0.25) is 0 Å². The third-order valence-corrected chi connectivity index (χ3v) is 2.72. The Bertz CT molecular complexity index is 317. The Morgan fingerprint density at radius 1 is 1.60 bits per heavy atom. The van der Waals surface area contributed by atoms with Crippen LogP contribution in [0.25, 0.3) is 0 Å². The summed E-state index contributed by atoms with van der Waals surface area (Å²) in [6.07, 6.45) is 2.61. The number of hydrogen-bond acceptors (Lipinski definition) is 3. The summed E-state index contributed by atoms with van der Waals surface area (Å²) in [5.41, 5.74) is 1.13. The van der Waals surface area contributed by atoms with E-state index in [2.05, 4.69) is 33.2 Å². The Kier molecular flexibility index (Phi) is 5.05. The first-order valence-electron chi connectivity index (χ1n) is 5.10. The Balaban J connectivity index is 2.50. The van der Waals surface area contributed by atoms with Crippen LogP contribution < -0.4 is 5.32 Å². The van der Waals surface area contributed by atoms with Crippen molar-refractivity contribution in [1.29, 1.82) is 0 Å². The van der Waals surface area contributed by atoms with E-state index in [-0.39, 0.29) is 6.61 Å². The lowest BCUT2D eigenvalue weighted by Crippen LogP contribution is -2.14. The zero-order valence-corrected chi connectivity index (χ0v) is 10.7.